The standard InChI is InChI=1S/C41H52FN7O5/c1-6-8-17-43-38(50)27-31-12-14-34(36(26-31)52-5)49(41(51)54-39-29(3)10-9-11-30(39)4)37-16-18-44-40(46-37)45-32-13-15-35(33(42)28-32)53-25-24-48-22-20-47(19-7-2)21-23-48/h9-16,18,26,28H,6-8,17,19-25,27H2,1-5H3,(H,43,50)(H,44,45,46). The second kappa shape index (κ2) is 19.7. The molecule has 2 N–H and O–H groups in total. The molecule has 4 aromatic rings. The van der Waals surface area contributed by atoms with Crippen LogP contribution in [0.2, 0.25) is 0 Å². The minimum absolute atomic E-state index is 0.108. The largest absolute Gasteiger partial charge is 0.495 e. The summed E-state index contributed by atoms with van der Waals surface area (Å²) in [5, 5.41) is 5.97. The van der Waals surface area contributed by atoms with Crippen molar-refractivity contribution in [3.8, 4) is 17.2 Å². The van der Waals surface area contributed by atoms with Gasteiger partial charge in [-0.3, -0.25) is 9.69 Å². The highest BCUT2D eigenvalue weighted by atomic mass is 19.1. The first-order valence-corrected chi connectivity index (χ1v) is 18.7. The van der Waals surface area contributed by atoms with Crippen LogP contribution in [-0.2, 0) is 11.2 Å². The maximum absolute atomic E-state index is 15.2. The topological polar surface area (TPSA) is 121 Å². The summed E-state index contributed by atoms with van der Waals surface area (Å²) in [7, 11) is 1.49. The Kier molecular flexibility index (Phi) is 14.6. The third-order valence-corrected chi connectivity index (χ3v) is 9.21. The van der Waals surface area contributed by atoms with E-state index in [1.54, 1.807) is 36.4 Å². The van der Waals surface area contributed by atoms with E-state index in [9.17, 15) is 9.59 Å². The number of hydrogen-bond acceptors (Lipinski definition) is 10. The number of carbonyl (C=O) groups excluding carboxylic acids is 2. The van der Waals surface area contributed by atoms with Gasteiger partial charge in [0.15, 0.2) is 11.6 Å². The molecule has 13 heteroatoms. The van der Waals surface area contributed by atoms with Gasteiger partial charge in [0, 0.05) is 63.3 Å². The number of anilines is 4. The molecule has 12 nitrogen and oxygen atoms in total. The molecule has 1 aromatic heterocycles. The number of piperazine rings is 1. The van der Waals surface area contributed by atoms with Gasteiger partial charge < -0.3 is 29.7 Å². The maximum atomic E-state index is 15.2. The molecule has 3 aromatic carbocycles. The van der Waals surface area contributed by atoms with Crippen molar-refractivity contribution in [2.75, 3.05) is 69.7 Å². The van der Waals surface area contributed by atoms with Crippen molar-refractivity contribution in [1.29, 1.82) is 0 Å². The van der Waals surface area contributed by atoms with Gasteiger partial charge in [-0.25, -0.2) is 19.1 Å². The maximum Gasteiger partial charge on any atom is 0.425 e. The first-order chi connectivity index (χ1) is 26.2. The molecule has 0 atom stereocenters. The molecular formula is C41H52FN7O5. The first-order valence-electron chi connectivity index (χ1n) is 18.7. The van der Waals surface area contributed by atoms with Crippen molar-refractivity contribution >= 4 is 35.1 Å². The number of ether oxygens (including phenoxy) is 3. The number of benzene rings is 3. The summed E-state index contributed by atoms with van der Waals surface area (Å²) in [6.07, 6.45) is 3.92. The summed E-state index contributed by atoms with van der Waals surface area (Å²) in [6, 6.07) is 16.9. The highest BCUT2D eigenvalue weighted by molar-refractivity contribution is 5.98. The third-order valence-electron chi connectivity index (χ3n) is 9.21. The number of unbranched alkanes of at least 4 members (excludes halogenated alkanes) is 1. The lowest BCUT2D eigenvalue weighted by molar-refractivity contribution is -0.120. The molecule has 1 aliphatic rings. The van der Waals surface area contributed by atoms with Crippen LogP contribution in [0.25, 0.3) is 0 Å². The predicted octanol–water partition coefficient (Wildman–Crippen LogP) is 7.19. The summed E-state index contributed by atoms with van der Waals surface area (Å²) in [4.78, 5) is 41.7. The molecule has 2 heterocycles. The van der Waals surface area contributed by atoms with Gasteiger partial charge in [0.05, 0.1) is 19.2 Å². The molecule has 1 fully saturated rings. The van der Waals surface area contributed by atoms with Crippen LogP contribution in [0.1, 0.15) is 49.8 Å². The molecule has 288 valence electrons. The Labute approximate surface area is 317 Å². The Bertz CT molecular complexity index is 1850. The van der Waals surface area contributed by atoms with Gasteiger partial charge in [-0.05, 0) is 74.2 Å². The Balaban J connectivity index is 1.34. The van der Waals surface area contributed by atoms with E-state index in [-0.39, 0.29) is 29.8 Å². The molecule has 1 aliphatic heterocycles. The zero-order valence-corrected chi connectivity index (χ0v) is 32.0. The second-order valence-corrected chi connectivity index (χ2v) is 13.4. The van der Waals surface area contributed by atoms with Gasteiger partial charge in [-0.15, -0.1) is 0 Å². The van der Waals surface area contributed by atoms with Gasteiger partial charge in [0.25, 0.3) is 0 Å². The average molecular weight is 742 g/mol. The summed E-state index contributed by atoms with van der Waals surface area (Å²) in [5.41, 5.74) is 3.00. The van der Waals surface area contributed by atoms with Crippen molar-refractivity contribution in [1.82, 2.24) is 25.1 Å². The number of hydrogen-bond donors (Lipinski definition) is 2. The molecular weight excluding hydrogens is 689 g/mol. The number of para-hydroxylation sites is 1. The van der Waals surface area contributed by atoms with Crippen LogP contribution in [0.4, 0.5) is 32.3 Å². The summed E-state index contributed by atoms with van der Waals surface area (Å²) >= 11 is 0. The fourth-order valence-corrected chi connectivity index (χ4v) is 6.27. The van der Waals surface area contributed by atoms with E-state index in [0.717, 1.165) is 69.7 Å². The minimum Gasteiger partial charge on any atom is -0.495 e. The summed E-state index contributed by atoms with van der Waals surface area (Å²) in [5.74, 6) is 0.572. The van der Waals surface area contributed by atoms with Gasteiger partial charge in [-0.1, -0.05) is 44.5 Å². The van der Waals surface area contributed by atoms with E-state index >= 15 is 4.39 Å². The van der Waals surface area contributed by atoms with E-state index in [1.165, 1.54) is 24.3 Å². The Morgan fingerprint density at radius 1 is 0.907 bits per heavy atom. The number of rotatable bonds is 17. The number of amides is 2. The molecule has 54 heavy (non-hydrogen) atoms. The molecule has 0 radical (unpaired) electrons. The lowest BCUT2D eigenvalue weighted by Crippen LogP contribution is -2.47. The van der Waals surface area contributed by atoms with Crippen molar-refractivity contribution in [2.24, 2.45) is 0 Å². The van der Waals surface area contributed by atoms with Gasteiger partial charge in [0.2, 0.25) is 11.9 Å². The lowest BCUT2D eigenvalue weighted by Gasteiger charge is -2.34. The third kappa shape index (κ3) is 10.9. The Morgan fingerprint density at radius 3 is 2.33 bits per heavy atom. The van der Waals surface area contributed by atoms with Crippen LogP contribution in [-0.4, -0.2) is 91.3 Å². The molecule has 0 saturated carbocycles. The SMILES string of the molecule is CCCCNC(=O)Cc1ccc(N(C(=O)Oc2c(C)cccc2C)c2ccnc(Nc3ccc(OCCN4CCN(CCC)CC4)c(F)c3)n2)c(OC)c1. The number of carbonyl (C=O) groups is 2. The molecule has 0 unspecified atom stereocenters. The van der Waals surface area contributed by atoms with Crippen LogP contribution in [0.5, 0.6) is 17.2 Å². The Hall–Kier alpha value is -5.27. The smallest absolute Gasteiger partial charge is 0.425 e. The molecule has 5 rings (SSSR count). The quantitative estimate of drug-likeness (QED) is 0.108. The number of halogens is 1. The molecule has 1 saturated heterocycles. The van der Waals surface area contributed by atoms with Crippen LogP contribution in [0.3, 0.4) is 0 Å². The normalized spacial score (nSPS) is 13.3. The first kappa shape index (κ1) is 39.9. The van der Waals surface area contributed by atoms with Crippen molar-refractivity contribution < 1.29 is 28.2 Å². The number of methoxy groups -OCH3 is 1. The van der Waals surface area contributed by atoms with E-state index in [1.807, 2.05) is 32.0 Å². The van der Waals surface area contributed by atoms with E-state index in [4.69, 9.17) is 14.2 Å². The molecule has 0 spiro atoms. The van der Waals surface area contributed by atoms with Crippen molar-refractivity contribution in [3.05, 3.63) is 89.4 Å². The van der Waals surface area contributed by atoms with E-state index in [2.05, 4.69) is 44.2 Å². The van der Waals surface area contributed by atoms with Crippen LogP contribution in [0.15, 0.2) is 66.9 Å². The highest BCUT2D eigenvalue weighted by Gasteiger charge is 2.27. The number of aryl methyl sites for hydroxylation is 2. The Morgan fingerprint density at radius 2 is 1.65 bits per heavy atom. The van der Waals surface area contributed by atoms with Gasteiger partial charge in [-0.2, -0.15) is 4.98 Å². The molecule has 2 amide bonds. The summed E-state index contributed by atoms with van der Waals surface area (Å²) in [6.45, 7) is 14.8. The highest BCUT2D eigenvalue weighted by Crippen LogP contribution is 2.36. The van der Waals surface area contributed by atoms with Gasteiger partial charge >= 0.3 is 6.09 Å². The fourth-order valence-electron chi connectivity index (χ4n) is 6.27. The average Bonchev–Trinajstić information content (AvgIpc) is 3.16. The van der Waals surface area contributed by atoms with Gasteiger partial charge in [0.1, 0.15) is 23.9 Å². The number of aromatic nitrogens is 2. The van der Waals surface area contributed by atoms with Crippen molar-refractivity contribution in [3.63, 3.8) is 0 Å². The van der Waals surface area contributed by atoms with E-state index < -0.39 is 11.9 Å². The van der Waals surface area contributed by atoms with Crippen LogP contribution >= 0.6 is 0 Å². The second-order valence-electron chi connectivity index (χ2n) is 13.4. The molecule has 0 bridgehead atoms. The monoisotopic (exact) mass is 741 g/mol. The van der Waals surface area contributed by atoms with Crippen molar-refractivity contribution in [2.45, 2.75) is 53.4 Å². The number of nitrogens with one attached hydrogen (secondary N) is 2. The minimum atomic E-state index is -0.740. The summed E-state index contributed by atoms with van der Waals surface area (Å²) < 4.78 is 32.7. The van der Waals surface area contributed by atoms with Crippen LogP contribution in [0, 0.1) is 19.7 Å². The zero-order valence-electron chi connectivity index (χ0n) is 32.0. The van der Waals surface area contributed by atoms with Crippen LogP contribution < -0.4 is 29.7 Å². The number of nitrogens with zero attached hydrogens (tertiary/aromatic N) is 5. The predicted molar refractivity (Wildman–Crippen MR) is 209 cm³/mol. The lowest BCUT2D eigenvalue weighted by atomic mass is 10.1. The fraction of sp³-hybridized carbons (Fsp3) is 0.415. The zero-order chi connectivity index (χ0) is 38.5. The molecule has 0 aliphatic carbocycles. The van der Waals surface area contributed by atoms with E-state index in [0.29, 0.717) is 41.6 Å².